The zero-order valence-corrected chi connectivity index (χ0v) is 12.8. The minimum absolute atomic E-state index is 0.366. The summed E-state index contributed by atoms with van der Waals surface area (Å²) >= 11 is 0. The maximum absolute atomic E-state index is 5.68. The van der Waals surface area contributed by atoms with Gasteiger partial charge in [-0.2, -0.15) is 0 Å². The van der Waals surface area contributed by atoms with Crippen LogP contribution in [0.25, 0.3) is 0 Å². The molecule has 112 valence electrons. The van der Waals surface area contributed by atoms with Crippen molar-refractivity contribution in [1.82, 2.24) is 15.3 Å². The van der Waals surface area contributed by atoms with Crippen molar-refractivity contribution in [1.29, 1.82) is 0 Å². The monoisotopic (exact) mass is 286 g/mol. The fourth-order valence-electron chi connectivity index (χ4n) is 1.83. The van der Waals surface area contributed by atoms with E-state index < -0.39 is 0 Å². The van der Waals surface area contributed by atoms with Crippen LogP contribution in [0.1, 0.15) is 18.9 Å². The van der Waals surface area contributed by atoms with Gasteiger partial charge in [0.15, 0.2) is 0 Å². The molecule has 0 spiro atoms. The Morgan fingerprint density at radius 3 is 2.62 bits per heavy atom. The van der Waals surface area contributed by atoms with Crippen molar-refractivity contribution in [2.24, 2.45) is 0 Å². The Morgan fingerprint density at radius 2 is 1.95 bits per heavy atom. The molecule has 0 fully saturated rings. The Hall–Kier alpha value is -2.14. The van der Waals surface area contributed by atoms with Gasteiger partial charge in [-0.3, -0.25) is 0 Å². The van der Waals surface area contributed by atoms with E-state index in [9.17, 15) is 0 Å². The van der Waals surface area contributed by atoms with Gasteiger partial charge in [0.25, 0.3) is 0 Å². The highest BCUT2D eigenvalue weighted by molar-refractivity contribution is 5.49. The molecule has 0 atom stereocenters. The van der Waals surface area contributed by atoms with Gasteiger partial charge in [0, 0.05) is 50.4 Å². The normalized spacial score (nSPS) is 10.4. The second-order valence-electron chi connectivity index (χ2n) is 5.04. The average Bonchev–Trinajstić information content (AvgIpc) is 2.49. The minimum Gasteiger partial charge on any atom is -0.424 e. The summed E-state index contributed by atoms with van der Waals surface area (Å²) in [5, 5.41) is 3.31. The summed E-state index contributed by atoms with van der Waals surface area (Å²) in [4.78, 5) is 10.5. The van der Waals surface area contributed by atoms with Gasteiger partial charge in [0.1, 0.15) is 5.75 Å². The van der Waals surface area contributed by atoms with Gasteiger partial charge < -0.3 is 15.0 Å². The lowest BCUT2D eigenvalue weighted by molar-refractivity contribution is 0.440. The predicted octanol–water partition coefficient (Wildman–Crippen LogP) is 2.83. The molecular formula is C16H22N4O. The smallest absolute Gasteiger partial charge is 0.321 e. The first-order chi connectivity index (χ1) is 10.2. The van der Waals surface area contributed by atoms with Gasteiger partial charge in [-0.1, -0.05) is 13.0 Å². The zero-order chi connectivity index (χ0) is 15.1. The van der Waals surface area contributed by atoms with Crippen LogP contribution in [-0.2, 0) is 6.54 Å². The molecule has 2 aromatic rings. The van der Waals surface area contributed by atoms with E-state index in [0.717, 1.165) is 36.5 Å². The molecule has 0 saturated heterocycles. The second kappa shape index (κ2) is 7.59. The van der Waals surface area contributed by atoms with E-state index in [1.165, 1.54) is 0 Å². The molecule has 0 unspecified atom stereocenters. The highest BCUT2D eigenvalue weighted by atomic mass is 16.5. The lowest BCUT2D eigenvalue weighted by Gasteiger charge is -2.13. The number of aromatic nitrogens is 2. The quantitative estimate of drug-likeness (QED) is 0.793. The first kappa shape index (κ1) is 15.3. The molecular weight excluding hydrogens is 264 g/mol. The first-order valence-electron chi connectivity index (χ1n) is 7.16. The summed E-state index contributed by atoms with van der Waals surface area (Å²) in [6.45, 7) is 3.92. The second-order valence-corrected chi connectivity index (χ2v) is 5.04. The lowest BCUT2D eigenvalue weighted by atomic mass is 10.3. The molecule has 2 rings (SSSR count). The third-order valence-electron chi connectivity index (χ3n) is 2.98. The fourth-order valence-corrected chi connectivity index (χ4v) is 1.83. The molecule has 0 bridgehead atoms. The van der Waals surface area contributed by atoms with Gasteiger partial charge in [-0.05, 0) is 25.1 Å². The van der Waals surface area contributed by atoms with Crippen LogP contribution in [0.3, 0.4) is 0 Å². The molecule has 5 nitrogen and oxygen atoms in total. The van der Waals surface area contributed by atoms with E-state index in [4.69, 9.17) is 4.74 Å². The lowest BCUT2D eigenvalue weighted by Crippen LogP contribution is -2.14. The van der Waals surface area contributed by atoms with E-state index >= 15 is 0 Å². The van der Waals surface area contributed by atoms with Gasteiger partial charge in [-0.15, -0.1) is 0 Å². The predicted molar refractivity (Wildman–Crippen MR) is 84.9 cm³/mol. The summed E-state index contributed by atoms with van der Waals surface area (Å²) in [5.41, 5.74) is 2.13. The number of benzene rings is 1. The molecule has 0 amide bonds. The van der Waals surface area contributed by atoms with Crippen molar-refractivity contribution < 1.29 is 4.74 Å². The number of anilines is 1. The van der Waals surface area contributed by atoms with Crippen LogP contribution in [-0.4, -0.2) is 30.6 Å². The largest absolute Gasteiger partial charge is 0.424 e. The van der Waals surface area contributed by atoms with Crippen molar-refractivity contribution in [2.45, 2.75) is 19.9 Å². The Morgan fingerprint density at radius 1 is 1.19 bits per heavy atom. The van der Waals surface area contributed by atoms with Crippen LogP contribution in [0.5, 0.6) is 11.8 Å². The van der Waals surface area contributed by atoms with Gasteiger partial charge in [0.2, 0.25) is 0 Å². The Bertz CT molecular complexity index is 554. The Balaban J connectivity index is 1.98. The zero-order valence-electron chi connectivity index (χ0n) is 12.8. The molecule has 1 N–H and O–H groups in total. The summed E-state index contributed by atoms with van der Waals surface area (Å²) in [5.74, 6) is 0.734. The summed E-state index contributed by atoms with van der Waals surface area (Å²) in [6.07, 6.45) is 4.70. The van der Waals surface area contributed by atoms with Crippen molar-refractivity contribution >= 4 is 5.69 Å². The topological polar surface area (TPSA) is 50.3 Å². The molecule has 1 aromatic carbocycles. The third-order valence-corrected chi connectivity index (χ3v) is 2.98. The molecule has 0 saturated carbocycles. The minimum atomic E-state index is 0.366. The Labute approximate surface area is 126 Å². The van der Waals surface area contributed by atoms with Crippen molar-refractivity contribution in [2.75, 3.05) is 25.5 Å². The number of nitrogens with one attached hydrogen (secondary N) is 1. The molecule has 1 heterocycles. The molecule has 5 heteroatoms. The third kappa shape index (κ3) is 4.72. The number of nitrogens with zero attached hydrogens (tertiary/aromatic N) is 3. The molecule has 0 aliphatic rings. The molecule has 0 aliphatic carbocycles. The molecule has 21 heavy (non-hydrogen) atoms. The van der Waals surface area contributed by atoms with E-state index in [1.807, 2.05) is 43.3 Å². The number of hydrogen-bond donors (Lipinski definition) is 1. The average molecular weight is 286 g/mol. The van der Waals surface area contributed by atoms with Crippen LogP contribution in [0, 0.1) is 0 Å². The Kier molecular flexibility index (Phi) is 5.51. The van der Waals surface area contributed by atoms with Gasteiger partial charge in [-0.25, -0.2) is 9.97 Å². The van der Waals surface area contributed by atoms with E-state index in [2.05, 4.69) is 22.2 Å². The maximum Gasteiger partial charge on any atom is 0.321 e. The van der Waals surface area contributed by atoms with Crippen LogP contribution in [0.4, 0.5) is 5.69 Å². The van der Waals surface area contributed by atoms with Crippen molar-refractivity contribution in [3.8, 4) is 11.8 Å². The van der Waals surface area contributed by atoms with E-state index in [-0.39, 0.29) is 0 Å². The van der Waals surface area contributed by atoms with E-state index in [1.54, 1.807) is 12.4 Å². The van der Waals surface area contributed by atoms with Crippen molar-refractivity contribution in [3.05, 3.63) is 42.2 Å². The SMILES string of the molecule is CCCNCc1cnc(Oc2cccc(N(C)C)c2)nc1. The number of ether oxygens (including phenoxy) is 1. The summed E-state index contributed by atoms with van der Waals surface area (Å²) in [6, 6.07) is 8.20. The summed E-state index contributed by atoms with van der Waals surface area (Å²) in [7, 11) is 3.99. The number of hydrogen-bond acceptors (Lipinski definition) is 5. The first-order valence-corrected chi connectivity index (χ1v) is 7.16. The molecule has 0 radical (unpaired) electrons. The van der Waals surface area contributed by atoms with Crippen LogP contribution >= 0.6 is 0 Å². The standard InChI is InChI=1S/C16H22N4O/c1-4-8-17-10-13-11-18-16(19-12-13)21-15-7-5-6-14(9-15)20(2)3/h5-7,9,11-12,17H,4,8,10H2,1-3H3. The molecule has 1 aromatic heterocycles. The highest BCUT2D eigenvalue weighted by Gasteiger charge is 2.03. The summed E-state index contributed by atoms with van der Waals surface area (Å²) < 4.78 is 5.68. The van der Waals surface area contributed by atoms with Crippen molar-refractivity contribution in [3.63, 3.8) is 0 Å². The number of rotatable bonds is 7. The van der Waals surface area contributed by atoms with Gasteiger partial charge in [0.05, 0.1) is 0 Å². The molecule has 0 aliphatic heterocycles. The highest BCUT2D eigenvalue weighted by Crippen LogP contribution is 2.22. The van der Waals surface area contributed by atoms with E-state index in [0.29, 0.717) is 6.01 Å². The van der Waals surface area contributed by atoms with Gasteiger partial charge >= 0.3 is 6.01 Å². The fraction of sp³-hybridized carbons (Fsp3) is 0.375. The van der Waals surface area contributed by atoms with Crippen LogP contribution < -0.4 is 15.0 Å². The van der Waals surface area contributed by atoms with Crippen LogP contribution in [0.2, 0.25) is 0 Å². The van der Waals surface area contributed by atoms with Crippen LogP contribution in [0.15, 0.2) is 36.7 Å². The maximum atomic E-state index is 5.68.